The summed E-state index contributed by atoms with van der Waals surface area (Å²) in [4.78, 5) is 17.4. The van der Waals surface area contributed by atoms with E-state index in [-0.39, 0.29) is 5.91 Å². The number of aryl methyl sites for hydroxylation is 1. The number of nitrogens with one attached hydrogen (secondary N) is 1. The molecule has 0 atom stereocenters. The van der Waals surface area contributed by atoms with Crippen LogP contribution in [0.1, 0.15) is 40.4 Å². The molecule has 1 aromatic carbocycles. The second-order valence-corrected chi connectivity index (χ2v) is 6.18. The maximum atomic E-state index is 12.2. The van der Waals surface area contributed by atoms with Crippen LogP contribution in [0.25, 0.3) is 0 Å². The molecule has 1 aliphatic rings. The zero-order valence-corrected chi connectivity index (χ0v) is 12.2. The van der Waals surface area contributed by atoms with E-state index in [2.05, 4.69) is 22.9 Å². The average Bonchev–Trinajstić information content (AvgIpc) is 3.13. The van der Waals surface area contributed by atoms with Crippen LogP contribution in [0.4, 0.5) is 5.13 Å². The predicted octanol–water partition coefficient (Wildman–Crippen LogP) is 3.87. The first kappa shape index (κ1) is 12.7. The Morgan fingerprint density at radius 1 is 1.47 bits per heavy atom. The van der Waals surface area contributed by atoms with E-state index in [1.165, 1.54) is 24.2 Å². The number of hydrogen-bond acceptors (Lipinski definition) is 4. The van der Waals surface area contributed by atoms with Gasteiger partial charge in [-0.25, -0.2) is 4.98 Å². The maximum Gasteiger partial charge on any atom is 0.257 e. The summed E-state index contributed by atoms with van der Waals surface area (Å²) in [6.07, 6.45) is 2.44. The molecule has 1 aromatic heterocycles. The summed E-state index contributed by atoms with van der Waals surface area (Å²) in [5.74, 6) is 0.495. The number of thiol groups is 1. The Labute approximate surface area is 121 Å². The van der Waals surface area contributed by atoms with Crippen molar-refractivity contribution >= 4 is 35.0 Å². The van der Waals surface area contributed by atoms with E-state index in [1.54, 1.807) is 6.07 Å². The number of anilines is 1. The highest BCUT2D eigenvalue weighted by Gasteiger charge is 2.26. The third-order valence-corrected chi connectivity index (χ3v) is 4.26. The second kappa shape index (κ2) is 4.98. The van der Waals surface area contributed by atoms with E-state index in [0.717, 1.165) is 16.2 Å². The van der Waals surface area contributed by atoms with Gasteiger partial charge in [-0.1, -0.05) is 6.07 Å². The molecule has 1 aliphatic carbocycles. The first-order valence-electron chi connectivity index (χ1n) is 6.20. The lowest BCUT2D eigenvalue weighted by molar-refractivity contribution is 0.102. The van der Waals surface area contributed by atoms with Gasteiger partial charge < -0.3 is 0 Å². The number of nitrogens with zero attached hydrogens (tertiary/aromatic N) is 1. The summed E-state index contributed by atoms with van der Waals surface area (Å²) in [6, 6.07) is 5.56. The molecule has 0 saturated heterocycles. The molecular formula is C14H14N2OS2. The highest BCUT2D eigenvalue weighted by atomic mass is 32.1. The summed E-state index contributed by atoms with van der Waals surface area (Å²) in [6.45, 7) is 1.92. The van der Waals surface area contributed by atoms with E-state index in [4.69, 9.17) is 0 Å². The first-order chi connectivity index (χ1) is 9.13. The number of thiazole rings is 1. The topological polar surface area (TPSA) is 42.0 Å². The number of aromatic nitrogens is 1. The molecule has 0 bridgehead atoms. The molecule has 3 nitrogen and oxygen atoms in total. The van der Waals surface area contributed by atoms with Crippen molar-refractivity contribution < 1.29 is 4.79 Å². The Morgan fingerprint density at radius 2 is 2.26 bits per heavy atom. The number of carbonyl (C=O) groups excluding carboxylic acids is 1. The number of rotatable bonds is 3. The largest absolute Gasteiger partial charge is 0.298 e. The summed E-state index contributed by atoms with van der Waals surface area (Å²) >= 11 is 5.76. The Hall–Kier alpha value is -1.33. The number of hydrogen-bond donors (Lipinski definition) is 2. The molecule has 1 saturated carbocycles. The van der Waals surface area contributed by atoms with Crippen molar-refractivity contribution in [3.8, 4) is 0 Å². The van der Waals surface area contributed by atoms with Gasteiger partial charge in [-0.15, -0.1) is 24.0 Å². The second-order valence-electron chi connectivity index (χ2n) is 4.81. The third kappa shape index (κ3) is 2.82. The minimum atomic E-state index is -0.120. The van der Waals surface area contributed by atoms with Gasteiger partial charge in [0.15, 0.2) is 5.13 Å². The Balaban J connectivity index is 1.77. The normalized spacial score (nSPS) is 14.4. The van der Waals surface area contributed by atoms with Crippen molar-refractivity contribution in [2.24, 2.45) is 0 Å². The van der Waals surface area contributed by atoms with Gasteiger partial charge in [0.05, 0.1) is 5.69 Å². The van der Waals surface area contributed by atoms with Crippen LogP contribution in [0.3, 0.4) is 0 Å². The molecular weight excluding hydrogens is 276 g/mol. The summed E-state index contributed by atoms with van der Waals surface area (Å²) < 4.78 is 0. The molecule has 1 heterocycles. The molecule has 5 heteroatoms. The van der Waals surface area contributed by atoms with Crippen LogP contribution in [-0.2, 0) is 0 Å². The summed E-state index contributed by atoms with van der Waals surface area (Å²) in [5.41, 5.74) is 2.70. The van der Waals surface area contributed by atoms with Crippen LogP contribution in [0, 0.1) is 6.92 Å². The standard InChI is InChI=1S/C14H14N2OS2/c1-8-2-5-10(18)6-11(8)13(17)16-14-15-12(7-19-14)9-3-4-9/h2,5-7,9,18H,3-4H2,1H3,(H,15,16,17). The van der Waals surface area contributed by atoms with E-state index < -0.39 is 0 Å². The van der Waals surface area contributed by atoms with E-state index in [9.17, 15) is 4.79 Å². The lowest BCUT2D eigenvalue weighted by Gasteiger charge is -2.06. The van der Waals surface area contributed by atoms with Crippen molar-refractivity contribution in [3.05, 3.63) is 40.4 Å². The number of benzene rings is 1. The minimum Gasteiger partial charge on any atom is -0.298 e. The van der Waals surface area contributed by atoms with Crippen molar-refractivity contribution in [1.29, 1.82) is 0 Å². The van der Waals surface area contributed by atoms with E-state index in [0.29, 0.717) is 16.6 Å². The fraction of sp³-hybridized carbons (Fsp3) is 0.286. The summed E-state index contributed by atoms with van der Waals surface area (Å²) in [5, 5.41) is 5.58. The van der Waals surface area contributed by atoms with E-state index in [1.807, 2.05) is 24.4 Å². The average molecular weight is 290 g/mol. The molecule has 0 aliphatic heterocycles. The SMILES string of the molecule is Cc1ccc(S)cc1C(=O)Nc1nc(C2CC2)cs1. The highest BCUT2D eigenvalue weighted by molar-refractivity contribution is 7.80. The molecule has 1 amide bonds. The van der Waals surface area contributed by atoms with Gasteiger partial charge in [-0.3, -0.25) is 10.1 Å². The quantitative estimate of drug-likeness (QED) is 0.843. The molecule has 98 valence electrons. The van der Waals surface area contributed by atoms with E-state index >= 15 is 0 Å². The van der Waals surface area contributed by atoms with Crippen molar-refractivity contribution in [3.63, 3.8) is 0 Å². The summed E-state index contributed by atoms with van der Waals surface area (Å²) in [7, 11) is 0. The Morgan fingerprint density at radius 3 is 3.00 bits per heavy atom. The molecule has 19 heavy (non-hydrogen) atoms. The van der Waals surface area contributed by atoms with Crippen LogP contribution in [-0.4, -0.2) is 10.9 Å². The minimum absolute atomic E-state index is 0.120. The van der Waals surface area contributed by atoms with Gasteiger partial charge in [-0.05, 0) is 37.5 Å². The Kier molecular flexibility index (Phi) is 3.33. The van der Waals surface area contributed by atoms with Crippen LogP contribution >= 0.6 is 24.0 Å². The molecule has 1 fully saturated rings. The lowest BCUT2D eigenvalue weighted by atomic mass is 10.1. The zero-order chi connectivity index (χ0) is 13.4. The van der Waals surface area contributed by atoms with Crippen molar-refractivity contribution in [2.45, 2.75) is 30.6 Å². The van der Waals surface area contributed by atoms with Crippen LogP contribution in [0.15, 0.2) is 28.5 Å². The smallest absolute Gasteiger partial charge is 0.257 e. The van der Waals surface area contributed by atoms with Crippen LogP contribution in [0.2, 0.25) is 0 Å². The molecule has 2 aromatic rings. The Bertz CT molecular complexity index is 632. The maximum absolute atomic E-state index is 12.2. The van der Waals surface area contributed by atoms with Gasteiger partial charge in [0.25, 0.3) is 5.91 Å². The zero-order valence-electron chi connectivity index (χ0n) is 10.5. The third-order valence-electron chi connectivity index (χ3n) is 3.20. The first-order valence-corrected chi connectivity index (χ1v) is 7.52. The van der Waals surface area contributed by atoms with Gasteiger partial charge in [0.2, 0.25) is 0 Å². The van der Waals surface area contributed by atoms with Gasteiger partial charge >= 0.3 is 0 Å². The fourth-order valence-electron chi connectivity index (χ4n) is 1.93. The predicted molar refractivity (Wildman–Crippen MR) is 80.5 cm³/mol. The molecule has 0 spiro atoms. The molecule has 0 radical (unpaired) electrons. The van der Waals surface area contributed by atoms with Crippen LogP contribution in [0.5, 0.6) is 0 Å². The van der Waals surface area contributed by atoms with Gasteiger partial charge in [0, 0.05) is 21.8 Å². The van der Waals surface area contributed by atoms with Gasteiger partial charge in [0.1, 0.15) is 0 Å². The number of carbonyl (C=O) groups is 1. The molecule has 0 unspecified atom stereocenters. The van der Waals surface area contributed by atoms with Crippen molar-refractivity contribution in [1.82, 2.24) is 4.98 Å². The monoisotopic (exact) mass is 290 g/mol. The fourth-order valence-corrected chi connectivity index (χ4v) is 2.92. The molecule has 3 rings (SSSR count). The lowest BCUT2D eigenvalue weighted by Crippen LogP contribution is -2.13. The van der Waals surface area contributed by atoms with Crippen molar-refractivity contribution in [2.75, 3.05) is 5.32 Å². The highest BCUT2D eigenvalue weighted by Crippen LogP contribution is 2.40. The van der Waals surface area contributed by atoms with Gasteiger partial charge in [-0.2, -0.15) is 0 Å². The number of amides is 1. The molecule has 1 N–H and O–H groups in total. The van der Waals surface area contributed by atoms with Crippen LogP contribution < -0.4 is 5.32 Å².